The molecule has 1 unspecified atom stereocenters. The number of sulfonamides is 1. The summed E-state index contributed by atoms with van der Waals surface area (Å²) in [6.45, 7) is 7.31. The van der Waals surface area contributed by atoms with E-state index in [9.17, 15) is 13.2 Å². The average Bonchev–Trinajstić information content (AvgIpc) is 3.09. The summed E-state index contributed by atoms with van der Waals surface area (Å²) in [6.07, 6.45) is 1.74. The highest BCUT2D eigenvalue weighted by Crippen LogP contribution is 2.21. The Balaban J connectivity index is 1.79. The van der Waals surface area contributed by atoms with Gasteiger partial charge in [0, 0.05) is 22.9 Å². The van der Waals surface area contributed by atoms with Gasteiger partial charge in [-0.3, -0.25) is 4.79 Å². The molecule has 0 aliphatic heterocycles. The van der Waals surface area contributed by atoms with Crippen LogP contribution in [-0.4, -0.2) is 30.1 Å². The van der Waals surface area contributed by atoms with Crippen molar-refractivity contribution in [2.75, 3.05) is 0 Å². The summed E-state index contributed by atoms with van der Waals surface area (Å²) < 4.78 is 29.1. The molecule has 0 aliphatic rings. The number of rotatable bonds is 7. The fraction of sp³-hybridized carbons (Fsp3) is 0.273. The fourth-order valence-corrected chi connectivity index (χ4v) is 4.51. The van der Waals surface area contributed by atoms with Crippen molar-refractivity contribution in [2.45, 2.75) is 44.7 Å². The van der Waals surface area contributed by atoms with Crippen LogP contribution in [-0.2, 0) is 10.0 Å². The van der Waals surface area contributed by atoms with Crippen LogP contribution in [0.15, 0.2) is 65.7 Å². The van der Waals surface area contributed by atoms with Gasteiger partial charge in [0.05, 0.1) is 22.8 Å². The van der Waals surface area contributed by atoms with Crippen molar-refractivity contribution in [3.8, 4) is 5.69 Å². The van der Waals surface area contributed by atoms with Crippen LogP contribution in [0.2, 0.25) is 0 Å². The van der Waals surface area contributed by atoms with Crippen LogP contribution >= 0.6 is 0 Å². The van der Waals surface area contributed by atoms with Crippen molar-refractivity contribution >= 4 is 15.9 Å². The Bertz CT molecular complexity index is 1140. The third kappa shape index (κ3) is 4.77. The lowest BCUT2D eigenvalue weighted by atomic mass is 10.1. The predicted octanol–water partition coefficient (Wildman–Crippen LogP) is 3.36. The molecule has 0 aliphatic carbocycles. The van der Waals surface area contributed by atoms with E-state index in [2.05, 4.69) is 15.1 Å². The van der Waals surface area contributed by atoms with Gasteiger partial charge in [0.15, 0.2) is 0 Å². The van der Waals surface area contributed by atoms with Gasteiger partial charge in [-0.1, -0.05) is 24.3 Å². The summed E-state index contributed by atoms with van der Waals surface area (Å²) in [4.78, 5) is 12.8. The molecule has 0 radical (unpaired) electrons. The average molecular weight is 427 g/mol. The zero-order chi connectivity index (χ0) is 21.9. The van der Waals surface area contributed by atoms with Gasteiger partial charge in [-0.25, -0.2) is 17.8 Å². The molecule has 1 atom stereocenters. The topological polar surface area (TPSA) is 93.1 Å². The minimum absolute atomic E-state index is 0.0598. The largest absolute Gasteiger partial charge is 0.345 e. The van der Waals surface area contributed by atoms with E-state index in [4.69, 9.17) is 0 Å². The van der Waals surface area contributed by atoms with Crippen molar-refractivity contribution in [3.05, 3.63) is 77.6 Å². The summed E-state index contributed by atoms with van der Waals surface area (Å²) in [5.41, 5.74) is 3.03. The molecule has 3 aromatic rings. The Hall–Kier alpha value is -2.97. The SMILES string of the molecule is Cc1c(C(C)NC(=O)c2cccc(S(=O)(=O)NC(C)C)c2)cnn1-c1ccccc1. The number of carbonyl (C=O) groups excluding carboxylic acids is 1. The first-order chi connectivity index (χ1) is 14.2. The number of para-hydroxylation sites is 1. The Labute approximate surface area is 177 Å². The van der Waals surface area contributed by atoms with Crippen LogP contribution in [0, 0.1) is 6.92 Å². The Morgan fingerprint density at radius 3 is 2.40 bits per heavy atom. The highest BCUT2D eigenvalue weighted by molar-refractivity contribution is 7.89. The van der Waals surface area contributed by atoms with Crippen molar-refractivity contribution < 1.29 is 13.2 Å². The quantitative estimate of drug-likeness (QED) is 0.606. The van der Waals surface area contributed by atoms with Gasteiger partial charge in [-0.05, 0) is 58.0 Å². The second kappa shape index (κ2) is 8.81. The lowest BCUT2D eigenvalue weighted by molar-refractivity contribution is 0.0939. The van der Waals surface area contributed by atoms with Gasteiger partial charge in [0.25, 0.3) is 5.91 Å². The predicted molar refractivity (Wildman–Crippen MR) is 116 cm³/mol. The van der Waals surface area contributed by atoms with Gasteiger partial charge < -0.3 is 5.32 Å². The molecule has 2 aromatic carbocycles. The molecule has 30 heavy (non-hydrogen) atoms. The molecule has 0 bridgehead atoms. The number of carbonyl (C=O) groups is 1. The maximum atomic E-state index is 12.8. The normalized spacial score (nSPS) is 12.7. The summed E-state index contributed by atoms with van der Waals surface area (Å²) in [5, 5.41) is 7.37. The molecule has 1 aromatic heterocycles. The molecule has 0 saturated carbocycles. The Kier molecular flexibility index (Phi) is 6.38. The summed E-state index contributed by atoms with van der Waals surface area (Å²) in [5.74, 6) is -0.351. The van der Waals surface area contributed by atoms with E-state index in [-0.39, 0.29) is 28.4 Å². The molecule has 0 fully saturated rings. The van der Waals surface area contributed by atoms with E-state index in [1.54, 1.807) is 32.2 Å². The number of amides is 1. The van der Waals surface area contributed by atoms with E-state index >= 15 is 0 Å². The van der Waals surface area contributed by atoms with Gasteiger partial charge in [-0.15, -0.1) is 0 Å². The second-order valence-electron chi connectivity index (χ2n) is 7.43. The first-order valence-corrected chi connectivity index (χ1v) is 11.2. The van der Waals surface area contributed by atoms with Crippen molar-refractivity contribution in [2.24, 2.45) is 0 Å². The first-order valence-electron chi connectivity index (χ1n) is 9.72. The van der Waals surface area contributed by atoms with E-state index in [0.717, 1.165) is 16.9 Å². The van der Waals surface area contributed by atoms with Crippen molar-refractivity contribution in [1.29, 1.82) is 0 Å². The minimum atomic E-state index is -3.67. The standard InChI is InChI=1S/C22H26N4O3S/c1-15(2)25-30(28,29)20-12-8-9-18(13-20)22(27)24-16(3)21-14-23-26(17(21)4)19-10-6-5-7-11-19/h5-16,25H,1-4H3,(H,24,27). The van der Waals surface area contributed by atoms with Crippen LogP contribution < -0.4 is 10.0 Å². The molecule has 7 nitrogen and oxygen atoms in total. The summed E-state index contributed by atoms with van der Waals surface area (Å²) >= 11 is 0. The summed E-state index contributed by atoms with van der Waals surface area (Å²) in [7, 11) is -3.67. The maximum Gasteiger partial charge on any atom is 0.251 e. The van der Waals surface area contributed by atoms with Crippen molar-refractivity contribution in [3.63, 3.8) is 0 Å². The molecular formula is C22H26N4O3S. The number of hydrogen-bond donors (Lipinski definition) is 2. The number of hydrogen-bond acceptors (Lipinski definition) is 4. The van der Waals surface area contributed by atoms with E-state index in [0.29, 0.717) is 0 Å². The zero-order valence-electron chi connectivity index (χ0n) is 17.5. The molecule has 0 saturated heterocycles. The smallest absolute Gasteiger partial charge is 0.251 e. The van der Waals surface area contributed by atoms with Gasteiger partial charge in [0.2, 0.25) is 10.0 Å². The van der Waals surface area contributed by atoms with Gasteiger partial charge >= 0.3 is 0 Å². The van der Waals surface area contributed by atoms with Gasteiger partial charge in [-0.2, -0.15) is 5.10 Å². The number of benzene rings is 2. The molecule has 1 heterocycles. The van der Waals surface area contributed by atoms with Crippen LogP contribution in [0.3, 0.4) is 0 Å². The number of nitrogens with one attached hydrogen (secondary N) is 2. The number of nitrogens with zero attached hydrogens (tertiary/aromatic N) is 2. The lowest BCUT2D eigenvalue weighted by Crippen LogP contribution is -2.31. The van der Waals surface area contributed by atoms with Crippen LogP contribution in [0.1, 0.15) is 48.4 Å². The van der Waals surface area contributed by atoms with Crippen LogP contribution in [0.4, 0.5) is 0 Å². The third-order valence-corrected chi connectivity index (χ3v) is 6.32. The van der Waals surface area contributed by atoms with E-state index in [1.807, 2.05) is 48.9 Å². The molecule has 8 heteroatoms. The number of aromatic nitrogens is 2. The van der Waals surface area contributed by atoms with E-state index in [1.165, 1.54) is 12.1 Å². The molecule has 158 valence electrons. The highest BCUT2D eigenvalue weighted by atomic mass is 32.2. The zero-order valence-corrected chi connectivity index (χ0v) is 18.3. The molecule has 2 N–H and O–H groups in total. The Morgan fingerprint density at radius 2 is 1.73 bits per heavy atom. The second-order valence-corrected chi connectivity index (χ2v) is 9.15. The Morgan fingerprint density at radius 1 is 1.03 bits per heavy atom. The molecular weight excluding hydrogens is 400 g/mol. The first kappa shape index (κ1) is 21.7. The van der Waals surface area contributed by atoms with Crippen LogP contribution in [0.5, 0.6) is 0 Å². The van der Waals surface area contributed by atoms with Gasteiger partial charge in [0.1, 0.15) is 0 Å². The monoisotopic (exact) mass is 426 g/mol. The fourth-order valence-electron chi connectivity index (χ4n) is 3.22. The highest BCUT2D eigenvalue weighted by Gasteiger charge is 2.20. The minimum Gasteiger partial charge on any atom is -0.345 e. The molecule has 3 rings (SSSR count). The molecule has 0 spiro atoms. The molecule has 1 amide bonds. The lowest BCUT2D eigenvalue weighted by Gasteiger charge is -2.15. The maximum absolute atomic E-state index is 12.8. The third-order valence-electron chi connectivity index (χ3n) is 4.66. The van der Waals surface area contributed by atoms with Crippen LogP contribution in [0.25, 0.3) is 5.69 Å². The van der Waals surface area contributed by atoms with E-state index < -0.39 is 10.0 Å². The van der Waals surface area contributed by atoms with Crippen molar-refractivity contribution in [1.82, 2.24) is 19.8 Å². The summed E-state index contributed by atoms with van der Waals surface area (Å²) in [6, 6.07) is 15.2.